The van der Waals surface area contributed by atoms with Crippen molar-refractivity contribution in [1.82, 2.24) is 10.3 Å². The van der Waals surface area contributed by atoms with Crippen LogP contribution < -0.4 is 16.0 Å². The largest absolute Gasteiger partial charge is 0.354 e. The summed E-state index contributed by atoms with van der Waals surface area (Å²) in [6.07, 6.45) is 2.36. The van der Waals surface area contributed by atoms with Crippen molar-refractivity contribution in [2.75, 3.05) is 24.5 Å². The first kappa shape index (κ1) is 11.3. The van der Waals surface area contributed by atoms with Crippen molar-refractivity contribution in [2.24, 2.45) is 5.73 Å². The average molecular weight is 240 g/mol. The third-order valence-corrected chi connectivity index (χ3v) is 3.80. The highest BCUT2D eigenvalue weighted by Crippen LogP contribution is 2.26. The smallest absolute Gasteiger partial charge is 0.221 e. The van der Waals surface area contributed by atoms with Gasteiger partial charge in [0.25, 0.3) is 0 Å². The molecule has 1 aromatic rings. The van der Waals surface area contributed by atoms with E-state index in [1.165, 1.54) is 0 Å². The van der Waals surface area contributed by atoms with Gasteiger partial charge in [0.05, 0.1) is 0 Å². The molecule has 1 saturated heterocycles. The molecule has 1 aliphatic rings. The number of rotatable bonds is 2. The second-order valence-corrected chi connectivity index (χ2v) is 4.96. The van der Waals surface area contributed by atoms with E-state index in [1.54, 1.807) is 11.3 Å². The summed E-state index contributed by atoms with van der Waals surface area (Å²) < 4.78 is 0. The van der Waals surface area contributed by atoms with Crippen LogP contribution >= 0.6 is 11.3 Å². The number of nitrogens with one attached hydrogen (secondary N) is 1. The van der Waals surface area contributed by atoms with Crippen LogP contribution in [0.25, 0.3) is 0 Å². The molecule has 1 aromatic heterocycles. The topological polar surface area (TPSA) is 71.2 Å². The SMILES string of the molecule is CC(N)c1cnc(N2CCNC(=O)CC2)s1. The summed E-state index contributed by atoms with van der Waals surface area (Å²) in [5, 5.41) is 3.81. The Bertz CT molecular complexity index is 377. The van der Waals surface area contributed by atoms with Crippen LogP contribution in [0.2, 0.25) is 0 Å². The molecular formula is C10H16N4OS. The van der Waals surface area contributed by atoms with Crippen molar-refractivity contribution in [3.63, 3.8) is 0 Å². The fourth-order valence-electron chi connectivity index (χ4n) is 1.59. The Kier molecular flexibility index (Phi) is 3.40. The minimum absolute atomic E-state index is 0.0259. The molecule has 3 N–H and O–H groups in total. The molecule has 0 spiro atoms. The molecule has 0 aromatic carbocycles. The Morgan fingerprint density at radius 1 is 1.62 bits per heavy atom. The molecule has 6 heteroatoms. The number of carbonyl (C=O) groups excluding carboxylic acids is 1. The summed E-state index contributed by atoms with van der Waals surface area (Å²) in [7, 11) is 0. The third-order valence-electron chi connectivity index (χ3n) is 2.54. The summed E-state index contributed by atoms with van der Waals surface area (Å²) in [6, 6.07) is 0.0259. The normalized spacial score (nSPS) is 19.1. The van der Waals surface area contributed by atoms with Crippen molar-refractivity contribution in [3.05, 3.63) is 11.1 Å². The highest BCUT2D eigenvalue weighted by molar-refractivity contribution is 7.15. The van der Waals surface area contributed by atoms with Gasteiger partial charge in [0, 0.05) is 43.2 Å². The number of thiazole rings is 1. The molecule has 2 rings (SSSR count). The van der Waals surface area contributed by atoms with Gasteiger partial charge in [-0.05, 0) is 6.92 Å². The second-order valence-electron chi connectivity index (χ2n) is 3.92. The first-order valence-electron chi connectivity index (χ1n) is 5.40. The van der Waals surface area contributed by atoms with Crippen LogP contribution in [-0.2, 0) is 4.79 Å². The van der Waals surface area contributed by atoms with Crippen molar-refractivity contribution >= 4 is 22.4 Å². The molecule has 1 fully saturated rings. The monoisotopic (exact) mass is 240 g/mol. The van der Waals surface area contributed by atoms with Crippen LogP contribution in [0.1, 0.15) is 24.3 Å². The molecule has 1 amide bonds. The number of carbonyl (C=O) groups is 1. The van der Waals surface area contributed by atoms with Crippen LogP contribution in [0.4, 0.5) is 5.13 Å². The highest BCUT2D eigenvalue weighted by atomic mass is 32.1. The van der Waals surface area contributed by atoms with E-state index < -0.39 is 0 Å². The van der Waals surface area contributed by atoms with Gasteiger partial charge < -0.3 is 16.0 Å². The van der Waals surface area contributed by atoms with Gasteiger partial charge in [-0.2, -0.15) is 0 Å². The summed E-state index contributed by atoms with van der Waals surface area (Å²) in [4.78, 5) is 18.8. The molecular weight excluding hydrogens is 224 g/mol. The summed E-state index contributed by atoms with van der Waals surface area (Å²) in [6.45, 7) is 4.19. The van der Waals surface area contributed by atoms with E-state index in [-0.39, 0.29) is 11.9 Å². The number of hydrogen-bond acceptors (Lipinski definition) is 5. The lowest BCUT2D eigenvalue weighted by Gasteiger charge is -2.17. The summed E-state index contributed by atoms with van der Waals surface area (Å²) in [5.74, 6) is 0.117. The van der Waals surface area contributed by atoms with E-state index in [1.807, 2.05) is 13.1 Å². The van der Waals surface area contributed by atoms with Gasteiger partial charge in [-0.1, -0.05) is 0 Å². The van der Waals surface area contributed by atoms with Gasteiger partial charge in [-0.25, -0.2) is 4.98 Å². The molecule has 0 saturated carbocycles. The van der Waals surface area contributed by atoms with Crippen LogP contribution in [0, 0.1) is 0 Å². The van der Waals surface area contributed by atoms with Crippen molar-refractivity contribution in [1.29, 1.82) is 0 Å². The maximum Gasteiger partial charge on any atom is 0.221 e. The molecule has 2 heterocycles. The van der Waals surface area contributed by atoms with Gasteiger partial charge in [0.1, 0.15) is 0 Å². The highest BCUT2D eigenvalue weighted by Gasteiger charge is 2.17. The zero-order chi connectivity index (χ0) is 11.5. The first-order chi connectivity index (χ1) is 7.66. The van der Waals surface area contributed by atoms with E-state index in [4.69, 9.17) is 5.73 Å². The number of nitrogens with zero attached hydrogens (tertiary/aromatic N) is 2. The average Bonchev–Trinajstić information content (AvgIpc) is 2.63. The van der Waals surface area contributed by atoms with E-state index >= 15 is 0 Å². The lowest BCUT2D eigenvalue weighted by molar-refractivity contribution is -0.120. The second kappa shape index (κ2) is 4.80. The first-order valence-corrected chi connectivity index (χ1v) is 6.21. The maximum atomic E-state index is 11.2. The van der Waals surface area contributed by atoms with Crippen molar-refractivity contribution in [2.45, 2.75) is 19.4 Å². The predicted octanol–water partition coefficient (Wildman–Crippen LogP) is 0.489. The minimum atomic E-state index is 0.0259. The predicted molar refractivity (Wildman–Crippen MR) is 64.6 cm³/mol. The van der Waals surface area contributed by atoms with Crippen LogP contribution in [0.15, 0.2) is 6.20 Å². The molecule has 1 aliphatic heterocycles. The van der Waals surface area contributed by atoms with Crippen LogP contribution in [-0.4, -0.2) is 30.5 Å². The van der Waals surface area contributed by atoms with E-state index in [2.05, 4.69) is 15.2 Å². The van der Waals surface area contributed by atoms with Crippen molar-refractivity contribution in [3.8, 4) is 0 Å². The molecule has 16 heavy (non-hydrogen) atoms. The van der Waals surface area contributed by atoms with Gasteiger partial charge in [-0.3, -0.25) is 4.79 Å². The van der Waals surface area contributed by atoms with Gasteiger partial charge in [-0.15, -0.1) is 11.3 Å². The quantitative estimate of drug-likeness (QED) is 0.789. The van der Waals surface area contributed by atoms with Gasteiger partial charge >= 0.3 is 0 Å². The number of hydrogen-bond donors (Lipinski definition) is 2. The molecule has 1 unspecified atom stereocenters. The van der Waals surface area contributed by atoms with Crippen molar-refractivity contribution < 1.29 is 4.79 Å². The number of anilines is 1. The summed E-state index contributed by atoms with van der Waals surface area (Å²) >= 11 is 1.61. The fourth-order valence-corrected chi connectivity index (χ4v) is 2.51. The third kappa shape index (κ3) is 2.51. The molecule has 0 aliphatic carbocycles. The Hall–Kier alpha value is -1.14. The number of nitrogens with two attached hydrogens (primary N) is 1. The fraction of sp³-hybridized carbons (Fsp3) is 0.600. The lowest BCUT2D eigenvalue weighted by atomic mass is 10.3. The maximum absolute atomic E-state index is 11.2. The van der Waals surface area contributed by atoms with E-state index in [9.17, 15) is 4.79 Å². The number of amides is 1. The summed E-state index contributed by atoms with van der Waals surface area (Å²) in [5.41, 5.74) is 5.79. The Balaban J connectivity index is 2.07. The van der Waals surface area contributed by atoms with E-state index in [0.29, 0.717) is 13.0 Å². The van der Waals surface area contributed by atoms with Gasteiger partial charge in [0.15, 0.2) is 5.13 Å². The minimum Gasteiger partial charge on any atom is -0.354 e. The zero-order valence-electron chi connectivity index (χ0n) is 9.27. The lowest BCUT2D eigenvalue weighted by Crippen LogP contribution is -2.28. The van der Waals surface area contributed by atoms with E-state index in [0.717, 1.165) is 23.1 Å². The molecule has 0 bridgehead atoms. The van der Waals surface area contributed by atoms with Crippen LogP contribution in [0.5, 0.6) is 0 Å². The van der Waals surface area contributed by atoms with Crippen LogP contribution in [0.3, 0.4) is 0 Å². The standard InChI is InChI=1S/C10H16N4OS/c1-7(11)8-6-13-10(16-8)14-4-2-9(15)12-3-5-14/h6-7H,2-5,11H2,1H3,(H,12,15). The number of aromatic nitrogens is 1. The molecule has 88 valence electrons. The zero-order valence-corrected chi connectivity index (χ0v) is 10.1. The molecule has 0 radical (unpaired) electrons. The Labute approximate surface area is 98.7 Å². The Morgan fingerprint density at radius 3 is 3.12 bits per heavy atom. The Morgan fingerprint density at radius 2 is 2.44 bits per heavy atom. The molecule has 1 atom stereocenters. The molecule has 5 nitrogen and oxygen atoms in total. The van der Waals surface area contributed by atoms with Gasteiger partial charge in [0.2, 0.25) is 5.91 Å².